The van der Waals surface area contributed by atoms with E-state index in [-0.39, 0.29) is 29.6 Å². The Morgan fingerprint density at radius 2 is 1.93 bits per heavy atom. The van der Waals surface area contributed by atoms with Gasteiger partial charge in [0.1, 0.15) is 0 Å². The highest BCUT2D eigenvalue weighted by molar-refractivity contribution is 5.90. The van der Waals surface area contributed by atoms with Crippen LogP contribution in [0.4, 0.5) is 8.78 Å². The largest absolute Gasteiger partial charge is 0.493 e. The van der Waals surface area contributed by atoms with Crippen molar-refractivity contribution in [3.8, 4) is 22.9 Å². The van der Waals surface area contributed by atoms with Gasteiger partial charge in [-0.2, -0.15) is 13.8 Å². The summed E-state index contributed by atoms with van der Waals surface area (Å²) < 4.78 is 44.1. The van der Waals surface area contributed by atoms with Gasteiger partial charge in [0, 0.05) is 5.56 Å². The molecule has 0 saturated heterocycles. The van der Waals surface area contributed by atoms with Gasteiger partial charge >= 0.3 is 12.6 Å². The van der Waals surface area contributed by atoms with Crippen LogP contribution in [0.5, 0.6) is 11.5 Å². The Labute approximate surface area is 152 Å². The Morgan fingerprint density at radius 3 is 2.63 bits per heavy atom. The maximum Gasteiger partial charge on any atom is 0.387 e. The highest BCUT2D eigenvalue weighted by atomic mass is 19.3. The molecule has 1 aromatic heterocycles. The fraction of sp³-hybridized carbons (Fsp3) is 0.167. The smallest absolute Gasteiger partial charge is 0.387 e. The molecule has 2 aromatic carbocycles. The third-order valence-electron chi connectivity index (χ3n) is 3.44. The molecule has 0 radical (unpaired) electrons. The SMILES string of the molecule is COc1cc(C(=O)OCc2nc(-c3ccccc3)no2)ccc1OC(F)F. The van der Waals surface area contributed by atoms with Crippen LogP contribution in [0.1, 0.15) is 16.2 Å². The van der Waals surface area contributed by atoms with E-state index in [0.29, 0.717) is 5.82 Å². The van der Waals surface area contributed by atoms with E-state index in [1.165, 1.54) is 25.3 Å². The number of carbonyl (C=O) groups excluding carboxylic acids is 1. The zero-order valence-electron chi connectivity index (χ0n) is 14.1. The van der Waals surface area contributed by atoms with E-state index >= 15 is 0 Å². The number of hydrogen-bond donors (Lipinski definition) is 0. The molecular formula is C18H14F2N2O5. The summed E-state index contributed by atoms with van der Waals surface area (Å²) in [6, 6.07) is 12.9. The highest BCUT2D eigenvalue weighted by Crippen LogP contribution is 2.29. The Bertz CT molecular complexity index is 915. The van der Waals surface area contributed by atoms with Crippen molar-refractivity contribution in [2.24, 2.45) is 0 Å². The quantitative estimate of drug-likeness (QED) is 0.581. The molecule has 3 aromatic rings. The maximum absolute atomic E-state index is 12.3. The summed E-state index contributed by atoms with van der Waals surface area (Å²) in [6.45, 7) is -3.25. The molecule has 0 atom stereocenters. The number of rotatable bonds is 7. The van der Waals surface area contributed by atoms with Crippen LogP contribution in [-0.4, -0.2) is 29.8 Å². The van der Waals surface area contributed by atoms with Gasteiger partial charge in [-0.3, -0.25) is 0 Å². The van der Waals surface area contributed by atoms with Crippen LogP contribution in [0, 0.1) is 0 Å². The van der Waals surface area contributed by atoms with E-state index in [4.69, 9.17) is 14.0 Å². The summed E-state index contributed by atoms with van der Waals surface area (Å²) in [5.74, 6) is -0.428. The van der Waals surface area contributed by atoms with Gasteiger partial charge in [0.25, 0.3) is 5.89 Å². The van der Waals surface area contributed by atoms with Crippen molar-refractivity contribution in [3.05, 3.63) is 60.0 Å². The molecule has 1 heterocycles. The minimum Gasteiger partial charge on any atom is -0.493 e. The third-order valence-corrected chi connectivity index (χ3v) is 3.44. The minimum absolute atomic E-state index is 0.0195. The lowest BCUT2D eigenvalue weighted by atomic mass is 10.2. The Balaban J connectivity index is 1.65. The van der Waals surface area contributed by atoms with Crippen molar-refractivity contribution in [1.29, 1.82) is 0 Å². The van der Waals surface area contributed by atoms with E-state index in [0.717, 1.165) is 5.56 Å². The summed E-state index contributed by atoms with van der Waals surface area (Å²) in [6.07, 6.45) is 0. The lowest BCUT2D eigenvalue weighted by Crippen LogP contribution is -2.07. The van der Waals surface area contributed by atoms with E-state index in [2.05, 4.69) is 14.9 Å². The standard InChI is InChI=1S/C18H14F2N2O5/c1-24-14-9-12(7-8-13(14)26-18(19)20)17(23)25-10-15-21-16(22-27-15)11-5-3-2-4-6-11/h2-9,18H,10H2,1H3. The molecule has 0 N–H and O–H groups in total. The number of nitrogens with zero attached hydrogens (tertiary/aromatic N) is 2. The van der Waals surface area contributed by atoms with Gasteiger partial charge in [0.15, 0.2) is 18.1 Å². The molecule has 0 aliphatic heterocycles. The van der Waals surface area contributed by atoms with Crippen LogP contribution in [-0.2, 0) is 11.3 Å². The average molecular weight is 376 g/mol. The first-order chi connectivity index (χ1) is 13.1. The number of hydrogen-bond acceptors (Lipinski definition) is 7. The monoisotopic (exact) mass is 376 g/mol. The van der Waals surface area contributed by atoms with Gasteiger partial charge in [0.2, 0.25) is 5.82 Å². The van der Waals surface area contributed by atoms with Gasteiger partial charge in [-0.15, -0.1) is 0 Å². The molecule has 27 heavy (non-hydrogen) atoms. The molecule has 0 bridgehead atoms. The van der Waals surface area contributed by atoms with Crippen LogP contribution < -0.4 is 9.47 Å². The van der Waals surface area contributed by atoms with Crippen LogP contribution in [0.25, 0.3) is 11.4 Å². The Hall–Kier alpha value is -3.49. The molecule has 0 fully saturated rings. The van der Waals surface area contributed by atoms with Gasteiger partial charge in [-0.1, -0.05) is 35.5 Å². The van der Waals surface area contributed by atoms with Crippen LogP contribution in [0.3, 0.4) is 0 Å². The van der Waals surface area contributed by atoms with Crippen molar-refractivity contribution in [2.45, 2.75) is 13.2 Å². The molecule has 0 saturated carbocycles. The van der Waals surface area contributed by atoms with Gasteiger partial charge in [-0.05, 0) is 18.2 Å². The summed E-state index contributed by atoms with van der Waals surface area (Å²) in [5, 5.41) is 3.82. The molecule has 7 nitrogen and oxygen atoms in total. The molecule has 3 rings (SSSR count). The molecule has 9 heteroatoms. The fourth-order valence-corrected chi connectivity index (χ4v) is 2.22. The van der Waals surface area contributed by atoms with Crippen LogP contribution >= 0.6 is 0 Å². The second-order valence-corrected chi connectivity index (χ2v) is 5.20. The fourth-order valence-electron chi connectivity index (χ4n) is 2.22. The number of halogens is 2. The number of esters is 1. The Morgan fingerprint density at radius 1 is 1.15 bits per heavy atom. The van der Waals surface area contributed by atoms with Crippen molar-refractivity contribution in [1.82, 2.24) is 10.1 Å². The van der Waals surface area contributed by atoms with Crippen molar-refractivity contribution >= 4 is 5.97 Å². The molecular weight excluding hydrogens is 362 g/mol. The molecule has 0 amide bonds. The van der Waals surface area contributed by atoms with Crippen molar-refractivity contribution in [2.75, 3.05) is 7.11 Å². The van der Waals surface area contributed by atoms with E-state index in [1.807, 2.05) is 30.3 Å². The van der Waals surface area contributed by atoms with Gasteiger partial charge in [-0.25, -0.2) is 4.79 Å². The first kappa shape index (κ1) is 18.3. The van der Waals surface area contributed by atoms with E-state index in [1.54, 1.807) is 0 Å². The number of benzene rings is 2. The summed E-state index contributed by atoms with van der Waals surface area (Å²) in [4.78, 5) is 16.3. The minimum atomic E-state index is -3.01. The van der Waals surface area contributed by atoms with Crippen molar-refractivity contribution < 1.29 is 32.3 Å². The van der Waals surface area contributed by atoms with Crippen LogP contribution in [0.15, 0.2) is 53.1 Å². The number of ether oxygens (including phenoxy) is 3. The summed E-state index contributed by atoms with van der Waals surface area (Å²) >= 11 is 0. The van der Waals surface area contributed by atoms with Gasteiger partial charge < -0.3 is 18.7 Å². The van der Waals surface area contributed by atoms with Gasteiger partial charge in [0.05, 0.1) is 12.7 Å². The first-order valence-corrected chi connectivity index (χ1v) is 7.75. The maximum atomic E-state index is 12.3. The zero-order valence-corrected chi connectivity index (χ0v) is 14.1. The first-order valence-electron chi connectivity index (χ1n) is 7.75. The molecule has 140 valence electrons. The van der Waals surface area contributed by atoms with E-state index in [9.17, 15) is 13.6 Å². The molecule has 0 aliphatic rings. The average Bonchev–Trinajstić information content (AvgIpc) is 3.16. The lowest BCUT2D eigenvalue weighted by molar-refractivity contribution is -0.0512. The zero-order chi connectivity index (χ0) is 19.2. The topological polar surface area (TPSA) is 83.7 Å². The Kier molecular flexibility index (Phi) is 5.60. The normalized spacial score (nSPS) is 10.7. The number of aromatic nitrogens is 2. The van der Waals surface area contributed by atoms with E-state index < -0.39 is 12.6 Å². The second kappa shape index (κ2) is 8.26. The second-order valence-electron chi connectivity index (χ2n) is 5.20. The molecule has 0 unspecified atom stereocenters. The van der Waals surface area contributed by atoms with Crippen molar-refractivity contribution in [3.63, 3.8) is 0 Å². The third kappa shape index (κ3) is 4.57. The number of methoxy groups -OCH3 is 1. The summed E-state index contributed by atoms with van der Waals surface area (Å²) in [7, 11) is 1.27. The lowest BCUT2D eigenvalue weighted by Gasteiger charge is -2.10. The van der Waals surface area contributed by atoms with Crippen LogP contribution in [0.2, 0.25) is 0 Å². The molecule has 0 spiro atoms. The molecule has 0 aliphatic carbocycles. The predicted octanol–water partition coefficient (Wildman–Crippen LogP) is 3.70. The number of alkyl halides is 2. The summed E-state index contributed by atoms with van der Waals surface area (Å²) in [5.41, 5.74) is 0.856. The number of carbonyl (C=O) groups is 1. The highest BCUT2D eigenvalue weighted by Gasteiger charge is 2.16. The predicted molar refractivity (Wildman–Crippen MR) is 88.5 cm³/mol.